The number of aromatic nitrogens is 2. The molecule has 0 spiro atoms. The fourth-order valence-corrected chi connectivity index (χ4v) is 5.41. The predicted molar refractivity (Wildman–Crippen MR) is 82.6 cm³/mol. The highest BCUT2D eigenvalue weighted by molar-refractivity contribution is 8.07. The van der Waals surface area contributed by atoms with Crippen LogP contribution in [0.15, 0.2) is 6.20 Å². The van der Waals surface area contributed by atoms with Gasteiger partial charge in [0.1, 0.15) is 0 Å². The summed E-state index contributed by atoms with van der Waals surface area (Å²) in [4.78, 5) is 0. The van der Waals surface area contributed by atoms with Crippen LogP contribution in [0.1, 0.15) is 32.0 Å². The monoisotopic (exact) mass is 305 g/mol. The zero-order chi connectivity index (χ0) is 13.1. The molecular formula is C12H20ClN3S2. The molecule has 1 fully saturated rings. The lowest BCUT2D eigenvalue weighted by Gasteiger charge is -2.32. The molecule has 0 bridgehead atoms. The zero-order valence-electron chi connectivity index (χ0n) is 10.8. The van der Waals surface area contributed by atoms with Crippen molar-refractivity contribution in [3.8, 4) is 0 Å². The number of nitrogens with two attached hydrogens (primary N) is 1. The van der Waals surface area contributed by atoms with E-state index in [0.717, 1.165) is 18.7 Å². The van der Waals surface area contributed by atoms with E-state index in [1.54, 1.807) is 6.20 Å². The Hall–Kier alpha value is 0.160. The molecule has 3 unspecified atom stereocenters. The van der Waals surface area contributed by atoms with Crippen molar-refractivity contribution < 1.29 is 0 Å². The highest BCUT2D eigenvalue weighted by Crippen LogP contribution is 2.39. The smallest absolute Gasteiger partial charge is 0.0834 e. The maximum absolute atomic E-state index is 6.46. The van der Waals surface area contributed by atoms with Gasteiger partial charge in [-0.05, 0) is 6.42 Å². The van der Waals surface area contributed by atoms with E-state index in [2.05, 4.69) is 18.9 Å². The van der Waals surface area contributed by atoms with Gasteiger partial charge in [0.2, 0.25) is 0 Å². The van der Waals surface area contributed by atoms with Crippen LogP contribution >= 0.6 is 35.1 Å². The Morgan fingerprint density at radius 2 is 2.28 bits per heavy atom. The number of halogens is 1. The Balaban J connectivity index is 2.21. The Morgan fingerprint density at radius 3 is 2.94 bits per heavy atom. The summed E-state index contributed by atoms with van der Waals surface area (Å²) in [6.07, 6.45) is 2.76. The Kier molecular flexibility index (Phi) is 5.30. The van der Waals surface area contributed by atoms with Gasteiger partial charge in [0.15, 0.2) is 0 Å². The van der Waals surface area contributed by atoms with Crippen LogP contribution in [0.2, 0.25) is 5.02 Å². The number of thioether (sulfide) groups is 2. The maximum Gasteiger partial charge on any atom is 0.0834 e. The molecule has 0 amide bonds. The normalized spacial score (nSPS) is 26.2. The Morgan fingerprint density at radius 1 is 1.56 bits per heavy atom. The largest absolute Gasteiger partial charge is 0.322 e. The van der Waals surface area contributed by atoms with E-state index in [4.69, 9.17) is 17.3 Å². The van der Waals surface area contributed by atoms with Crippen molar-refractivity contribution in [2.75, 3.05) is 11.5 Å². The molecule has 1 aromatic heterocycles. The van der Waals surface area contributed by atoms with Gasteiger partial charge in [-0.15, -0.1) is 0 Å². The first-order valence-electron chi connectivity index (χ1n) is 6.35. The van der Waals surface area contributed by atoms with Crippen LogP contribution in [-0.4, -0.2) is 31.8 Å². The molecule has 0 aliphatic carbocycles. The molecule has 18 heavy (non-hydrogen) atoms. The highest BCUT2D eigenvalue weighted by atomic mass is 35.5. The predicted octanol–water partition coefficient (Wildman–Crippen LogP) is 3.18. The first kappa shape index (κ1) is 14.6. The fourth-order valence-electron chi connectivity index (χ4n) is 2.29. The van der Waals surface area contributed by atoms with Crippen molar-refractivity contribution in [1.29, 1.82) is 0 Å². The molecule has 1 saturated heterocycles. The van der Waals surface area contributed by atoms with Gasteiger partial charge in [0, 0.05) is 28.6 Å². The molecule has 2 heterocycles. The summed E-state index contributed by atoms with van der Waals surface area (Å²) in [6.45, 7) is 5.28. The van der Waals surface area contributed by atoms with E-state index >= 15 is 0 Å². The molecule has 102 valence electrons. The lowest BCUT2D eigenvalue weighted by molar-refractivity contribution is 0.528. The standard InChI is InChI=1S/C12H20ClN3S2/c1-3-4-16-11(9(13)7-15-16)10(14)12-8(2)17-5-6-18-12/h7-8,10,12H,3-6,14H2,1-2H3. The summed E-state index contributed by atoms with van der Waals surface area (Å²) >= 11 is 10.2. The number of hydrogen-bond acceptors (Lipinski definition) is 4. The Labute approximate surface area is 122 Å². The summed E-state index contributed by atoms with van der Waals surface area (Å²) in [5.41, 5.74) is 7.46. The molecule has 3 atom stereocenters. The van der Waals surface area contributed by atoms with Crippen LogP contribution < -0.4 is 5.73 Å². The molecule has 1 aromatic rings. The molecule has 1 aliphatic rings. The third-order valence-corrected chi connectivity index (χ3v) is 6.68. The molecule has 0 aromatic carbocycles. The third-order valence-electron chi connectivity index (χ3n) is 3.18. The van der Waals surface area contributed by atoms with Crippen molar-refractivity contribution in [2.45, 2.75) is 43.4 Å². The highest BCUT2D eigenvalue weighted by Gasteiger charge is 2.32. The first-order valence-corrected chi connectivity index (χ1v) is 8.82. The topological polar surface area (TPSA) is 43.8 Å². The van der Waals surface area contributed by atoms with E-state index in [0.29, 0.717) is 15.5 Å². The molecular weight excluding hydrogens is 286 g/mol. The summed E-state index contributed by atoms with van der Waals surface area (Å²) in [7, 11) is 0. The van der Waals surface area contributed by atoms with Crippen LogP contribution in [0.25, 0.3) is 0 Å². The van der Waals surface area contributed by atoms with Crippen molar-refractivity contribution in [3.63, 3.8) is 0 Å². The fraction of sp³-hybridized carbons (Fsp3) is 0.750. The van der Waals surface area contributed by atoms with Crippen LogP contribution in [0.4, 0.5) is 0 Å². The van der Waals surface area contributed by atoms with Gasteiger partial charge < -0.3 is 5.73 Å². The Bertz CT molecular complexity index is 397. The van der Waals surface area contributed by atoms with Crippen LogP contribution in [-0.2, 0) is 6.54 Å². The maximum atomic E-state index is 6.46. The molecule has 2 N–H and O–H groups in total. The van der Waals surface area contributed by atoms with E-state index in [-0.39, 0.29) is 6.04 Å². The van der Waals surface area contributed by atoms with Crippen molar-refractivity contribution >= 4 is 35.1 Å². The van der Waals surface area contributed by atoms with Crippen molar-refractivity contribution in [2.24, 2.45) is 5.73 Å². The quantitative estimate of drug-likeness (QED) is 0.928. The average molecular weight is 306 g/mol. The minimum absolute atomic E-state index is 0.0284. The number of aryl methyl sites for hydroxylation is 1. The zero-order valence-corrected chi connectivity index (χ0v) is 13.2. The minimum atomic E-state index is -0.0284. The van der Waals surface area contributed by atoms with Gasteiger partial charge in [-0.25, -0.2) is 0 Å². The average Bonchev–Trinajstić information content (AvgIpc) is 2.71. The van der Waals surface area contributed by atoms with Gasteiger partial charge >= 0.3 is 0 Å². The van der Waals surface area contributed by atoms with Gasteiger partial charge in [-0.2, -0.15) is 28.6 Å². The van der Waals surface area contributed by atoms with Gasteiger partial charge in [-0.3, -0.25) is 4.68 Å². The van der Waals surface area contributed by atoms with Gasteiger partial charge in [0.05, 0.1) is 23.0 Å². The van der Waals surface area contributed by atoms with Gasteiger partial charge in [-0.1, -0.05) is 25.4 Å². The molecule has 2 rings (SSSR count). The van der Waals surface area contributed by atoms with E-state index in [1.807, 2.05) is 28.2 Å². The van der Waals surface area contributed by atoms with Crippen LogP contribution in [0.3, 0.4) is 0 Å². The second-order valence-corrected chi connectivity index (χ2v) is 7.72. The third kappa shape index (κ3) is 3.00. The van der Waals surface area contributed by atoms with Crippen molar-refractivity contribution in [3.05, 3.63) is 16.9 Å². The summed E-state index contributed by atoms with van der Waals surface area (Å²) in [5.74, 6) is 2.39. The molecule has 3 nitrogen and oxygen atoms in total. The summed E-state index contributed by atoms with van der Waals surface area (Å²) < 4.78 is 1.97. The lowest BCUT2D eigenvalue weighted by Crippen LogP contribution is -2.35. The van der Waals surface area contributed by atoms with E-state index < -0.39 is 0 Å². The molecule has 1 aliphatic heterocycles. The summed E-state index contributed by atoms with van der Waals surface area (Å²) in [6, 6.07) is -0.0284. The molecule has 6 heteroatoms. The first-order chi connectivity index (χ1) is 8.65. The number of hydrogen-bond donors (Lipinski definition) is 1. The second kappa shape index (κ2) is 6.55. The van der Waals surface area contributed by atoms with Gasteiger partial charge in [0.25, 0.3) is 0 Å². The second-order valence-electron chi connectivity index (χ2n) is 4.54. The number of nitrogens with zero attached hydrogens (tertiary/aromatic N) is 2. The minimum Gasteiger partial charge on any atom is -0.322 e. The molecule has 0 saturated carbocycles. The summed E-state index contributed by atoms with van der Waals surface area (Å²) in [5, 5.41) is 6.04. The van der Waals surface area contributed by atoms with E-state index in [1.165, 1.54) is 11.5 Å². The van der Waals surface area contributed by atoms with E-state index in [9.17, 15) is 0 Å². The van der Waals surface area contributed by atoms with Crippen LogP contribution in [0.5, 0.6) is 0 Å². The number of rotatable bonds is 4. The molecule has 0 radical (unpaired) electrons. The SMILES string of the molecule is CCCn1ncc(Cl)c1C(N)C1SCCSC1C. The van der Waals surface area contributed by atoms with Crippen LogP contribution in [0, 0.1) is 0 Å². The van der Waals surface area contributed by atoms with Crippen molar-refractivity contribution in [1.82, 2.24) is 9.78 Å². The lowest BCUT2D eigenvalue weighted by atomic mass is 10.1.